The first-order valence-electron chi connectivity index (χ1n) is 22.3. The van der Waals surface area contributed by atoms with E-state index in [-0.39, 0.29) is 10.9 Å². The molecular weight excluding hydrogens is 869 g/mol. The Morgan fingerprint density at radius 1 is 0.412 bits per heavy atom. The Bertz CT molecular complexity index is 2940. The third-order valence-electron chi connectivity index (χ3n) is 10.7. The van der Waals surface area contributed by atoms with E-state index in [4.69, 9.17) is 37.3 Å². The van der Waals surface area contributed by atoms with E-state index in [2.05, 4.69) is 20.6 Å². The highest BCUT2D eigenvalue weighted by molar-refractivity contribution is 5.81. The molecule has 0 spiro atoms. The van der Waals surface area contributed by atoms with Crippen molar-refractivity contribution in [2.75, 3.05) is 66.1 Å². The Morgan fingerprint density at radius 3 is 1.24 bits per heavy atom. The van der Waals surface area contributed by atoms with Crippen molar-refractivity contribution in [3.63, 3.8) is 0 Å². The van der Waals surface area contributed by atoms with Gasteiger partial charge in [-0.3, -0.25) is 9.59 Å². The van der Waals surface area contributed by atoms with Gasteiger partial charge in [-0.15, -0.1) is 10.2 Å². The summed E-state index contributed by atoms with van der Waals surface area (Å²) in [5, 5.41) is 18.2. The fourth-order valence-electron chi connectivity index (χ4n) is 7.23. The lowest BCUT2D eigenvalue weighted by atomic mass is 10.1. The highest BCUT2D eigenvalue weighted by Gasteiger charge is 2.12. The standard InChI is InChI=1S/C52H48N6O10/c59-47-33-49(39-7-3-1-4-8-39)67-51-31-41(15-17-43(47)51)65-29-27-63-25-23-61-21-19-57-35-45(53-55-57)37-11-13-38(14-12-37)46-36-58(56-54-46)20-22-62-24-26-64-28-30-66-42-16-18-44-48(60)34-50(68-52(44)32-42)40-9-5-2-6-10-40/h1-18,31-36H,19-30H2. The molecule has 0 radical (unpaired) electrons. The largest absolute Gasteiger partial charge is 0.491 e. The Labute approximate surface area is 390 Å². The molecule has 0 unspecified atom stereocenters. The maximum Gasteiger partial charge on any atom is 0.193 e. The molecule has 346 valence electrons. The van der Waals surface area contributed by atoms with E-state index in [1.807, 2.05) is 97.3 Å². The van der Waals surface area contributed by atoms with Crippen LogP contribution in [0, 0.1) is 0 Å². The lowest BCUT2D eigenvalue weighted by molar-refractivity contribution is 0.0333. The lowest BCUT2D eigenvalue weighted by Gasteiger charge is -2.09. The molecule has 4 aromatic heterocycles. The van der Waals surface area contributed by atoms with Gasteiger partial charge in [0.25, 0.3) is 0 Å². The van der Waals surface area contributed by atoms with E-state index < -0.39 is 0 Å². The summed E-state index contributed by atoms with van der Waals surface area (Å²) in [6.45, 7) is 5.09. The monoisotopic (exact) mass is 916 g/mol. The van der Waals surface area contributed by atoms with Gasteiger partial charge in [-0.2, -0.15) is 0 Å². The molecule has 0 fully saturated rings. The number of rotatable bonds is 24. The van der Waals surface area contributed by atoms with Crippen LogP contribution in [-0.4, -0.2) is 96.1 Å². The van der Waals surface area contributed by atoms with Crippen molar-refractivity contribution in [1.29, 1.82) is 0 Å². The zero-order valence-corrected chi connectivity index (χ0v) is 37.1. The van der Waals surface area contributed by atoms with Crippen molar-refractivity contribution in [3.8, 4) is 56.7 Å². The van der Waals surface area contributed by atoms with Crippen LogP contribution in [0.1, 0.15) is 0 Å². The number of nitrogens with zero attached hydrogens (tertiary/aromatic N) is 6. The first kappa shape index (κ1) is 45.4. The van der Waals surface area contributed by atoms with Crippen LogP contribution in [0.15, 0.2) is 164 Å². The van der Waals surface area contributed by atoms with E-state index in [9.17, 15) is 9.59 Å². The molecule has 16 heteroatoms. The van der Waals surface area contributed by atoms with Gasteiger partial charge in [0.05, 0.1) is 89.1 Å². The van der Waals surface area contributed by atoms with E-state index >= 15 is 0 Å². The maximum atomic E-state index is 12.6. The van der Waals surface area contributed by atoms with Crippen molar-refractivity contribution in [2.45, 2.75) is 13.1 Å². The van der Waals surface area contributed by atoms with Crippen LogP contribution < -0.4 is 20.3 Å². The Hall–Kier alpha value is -7.76. The van der Waals surface area contributed by atoms with Crippen LogP contribution >= 0.6 is 0 Å². The third kappa shape index (κ3) is 12.0. The summed E-state index contributed by atoms with van der Waals surface area (Å²) in [7, 11) is 0. The summed E-state index contributed by atoms with van der Waals surface area (Å²) in [4.78, 5) is 25.3. The molecule has 0 aliphatic carbocycles. The summed E-state index contributed by atoms with van der Waals surface area (Å²) in [6.07, 6.45) is 3.77. The Kier molecular flexibility index (Phi) is 15.1. The molecule has 68 heavy (non-hydrogen) atoms. The van der Waals surface area contributed by atoms with E-state index in [1.165, 1.54) is 12.1 Å². The van der Waals surface area contributed by atoms with Gasteiger partial charge >= 0.3 is 0 Å². The molecule has 9 aromatic rings. The predicted molar refractivity (Wildman–Crippen MR) is 255 cm³/mol. The SMILES string of the molecule is O=c1cc(-c2ccccc2)oc2cc(OCCOCCOCCn3cc(-c4ccc(-c5cn(CCOCCOCCOc6ccc7c(=O)cc(-c8ccccc8)oc7c6)nn5)cc4)nn3)ccc12. The van der Waals surface area contributed by atoms with Crippen LogP contribution in [0.2, 0.25) is 0 Å². The fraction of sp³-hybridized carbons (Fsp3) is 0.231. The minimum absolute atomic E-state index is 0.105. The van der Waals surface area contributed by atoms with E-state index in [0.717, 1.165) is 33.6 Å². The van der Waals surface area contributed by atoms with Crippen molar-refractivity contribution in [2.24, 2.45) is 0 Å². The molecule has 0 N–H and O–H groups in total. The Balaban J connectivity index is 0.616. The molecule has 0 saturated carbocycles. The molecule has 0 amide bonds. The van der Waals surface area contributed by atoms with Crippen LogP contribution in [0.5, 0.6) is 11.5 Å². The number of fused-ring (bicyclic) bond motifs is 2. The molecule has 16 nitrogen and oxygen atoms in total. The van der Waals surface area contributed by atoms with E-state index in [0.29, 0.717) is 124 Å². The molecule has 0 aliphatic heterocycles. The minimum atomic E-state index is -0.105. The second-order valence-corrected chi connectivity index (χ2v) is 15.5. The number of aromatic nitrogens is 6. The van der Waals surface area contributed by atoms with E-state index in [1.54, 1.807) is 45.8 Å². The van der Waals surface area contributed by atoms with Gasteiger partial charge in [0, 0.05) is 46.5 Å². The maximum absolute atomic E-state index is 12.6. The summed E-state index contributed by atoms with van der Waals surface area (Å²) in [6, 6.07) is 40.4. The van der Waals surface area contributed by atoms with Crippen LogP contribution in [0.25, 0.3) is 67.1 Å². The average Bonchev–Trinajstić information content (AvgIpc) is 4.06. The summed E-state index contributed by atoms with van der Waals surface area (Å²) >= 11 is 0. The van der Waals surface area contributed by atoms with Gasteiger partial charge in [-0.1, -0.05) is 95.4 Å². The molecule has 0 bridgehead atoms. The van der Waals surface area contributed by atoms with Gasteiger partial charge < -0.3 is 37.3 Å². The lowest BCUT2D eigenvalue weighted by Crippen LogP contribution is -2.13. The number of benzene rings is 5. The second-order valence-electron chi connectivity index (χ2n) is 15.5. The van der Waals surface area contributed by atoms with Crippen LogP contribution in [0.4, 0.5) is 0 Å². The molecule has 5 aromatic carbocycles. The topological polar surface area (TPSA) is 177 Å². The molecule has 0 aliphatic rings. The third-order valence-corrected chi connectivity index (χ3v) is 10.7. The quantitative estimate of drug-likeness (QED) is 0.0533. The second kappa shape index (κ2) is 22.6. The minimum Gasteiger partial charge on any atom is -0.491 e. The zero-order chi connectivity index (χ0) is 46.3. The highest BCUT2D eigenvalue weighted by Crippen LogP contribution is 2.27. The van der Waals surface area contributed by atoms with Gasteiger partial charge in [-0.25, -0.2) is 9.36 Å². The number of hydrogen-bond acceptors (Lipinski definition) is 14. The normalized spacial score (nSPS) is 11.4. The zero-order valence-electron chi connectivity index (χ0n) is 37.1. The number of ether oxygens (including phenoxy) is 6. The van der Waals surface area contributed by atoms with Gasteiger partial charge in [0.15, 0.2) is 10.9 Å². The van der Waals surface area contributed by atoms with Crippen molar-refractivity contribution in [3.05, 3.63) is 166 Å². The fourth-order valence-corrected chi connectivity index (χ4v) is 7.23. The molecule has 0 saturated heterocycles. The van der Waals surface area contributed by atoms with Crippen LogP contribution in [-0.2, 0) is 32.0 Å². The summed E-state index contributed by atoms with van der Waals surface area (Å²) < 4.78 is 50.0. The Morgan fingerprint density at radius 2 is 0.809 bits per heavy atom. The summed E-state index contributed by atoms with van der Waals surface area (Å²) in [5.41, 5.74) is 5.75. The first-order chi connectivity index (χ1) is 33.5. The van der Waals surface area contributed by atoms with Crippen molar-refractivity contribution in [1.82, 2.24) is 30.0 Å². The van der Waals surface area contributed by atoms with Gasteiger partial charge in [0.1, 0.15) is 58.8 Å². The van der Waals surface area contributed by atoms with Crippen molar-refractivity contribution < 1.29 is 37.3 Å². The molecule has 0 atom stereocenters. The first-order valence-corrected chi connectivity index (χ1v) is 22.3. The molecule has 9 rings (SSSR count). The molecule has 4 heterocycles. The number of hydrogen-bond donors (Lipinski definition) is 0. The van der Waals surface area contributed by atoms with Gasteiger partial charge in [-0.05, 0) is 24.3 Å². The molecular formula is C52H48N6O10. The van der Waals surface area contributed by atoms with Crippen LogP contribution in [0.3, 0.4) is 0 Å². The summed E-state index contributed by atoms with van der Waals surface area (Å²) in [5.74, 6) is 2.20. The predicted octanol–water partition coefficient (Wildman–Crippen LogP) is 7.97. The average molecular weight is 917 g/mol. The van der Waals surface area contributed by atoms with Crippen molar-refractivity contribution >= 4 is 21.9 Å². The smallest absolute Gasteiger partial charge is 0.193 e. The highest BCUT2D eigenvalue weighted by atomic mass is 16.5. The van der Waals surface area contributed by atoms with Gasteiger partial charge in [0.2, 0.25) is 0 Å².